The van der Waals surface area contributed by atoms with Crippen molar-refractivity contribution in [1.29, 1.82) is 0 Å². The average Bonchev–Trinajstić information content (AvgIpc) is 2.49. The van der Waals surface area contributed by atoms with Crippen LogP contribution in [0.25, 0.3) is 0 Å². The first-order valence-electron chi connectivity index (χ1n) is 7.60. The normalized spacial score (nSPS) is 16.1. The molecule has 0 spiro atoms. The Kier molecular flexibility index (Phi) is 4.11. The zero-order valence-electron chi connectivity index (χ0n) is 12.6. The van der Waals surface area contributed by atoms with E-state index in [0.29, 0.717) is 0 Å². The van der Waals surface area contributed by atoms with Gasteiger partial charge in [-0.3, -0.25) is 4.90 Å². The Morgan fingerprint density at radius 2 is 1.67 bits per heavy atom. The highest BCUT2D eigenvalue weighted by atomic mass is 15.3. The average molecular weight is 281 g/mol. The Morgan fingerprint density at radius 3 is 2.33 bits per heavy atom. The van der Waals surface area contributed by atoms with Gasteiger partial charge in [0.25, 0.3) is 0 Å². The molecule has 0 saturated carbocycles. The molecule has 0 aromatic heterocycles. The van der Waals surface area contributed by atoms with Crippen molar-refractivity contribution in [3.05, 3.63) is 59.7 Å². The minimum absolute atomic E-state index is 0.846. The molecule has 2 aromatic carbocycles. The van der Waals surface area contributed by atoms with E-state index in [-0.39, 0.29) is 0 Å². The zero-order valence-corrected chi connectivity index (χ0v) is 12.6. The number of anilines is 2. The van der Waals surface area contributed by atoms with Gasteiger partial charge in [-0.25, -0.2) is 0 Å². The van der Waals surface area contributed by atoms with E-state index in [2.05, 4.69) is 59.2 Å². The second-order valence-corrected chi connectivity index (χ2v) is 5.79. The van der Waals surface area contributed by atoms with Gasteiger partial charge in [0.05, 0.1) is 0 Å². The molecule has 3 heteroatoms. The van der Waals surface area contributed by atoms with Crippen LogP contribution < -0.4 is 10.6 Å². The zero-order chi connectivity index (χ0) is 14.7. The molecular formula is C18H23N3. The van der Waals surface area contributed by atoms with Crippen LogP contribution in [0.4, 0.5) is 11.4 Å². The van der Waals surface area contributed by atoms with Crippen molar-refractivity contribution >= 4 is 11.4 Å². The van der Waals surface area contributed by atoms with Gasteiger partial charge in [-0.15, -0.1) is 0 Å². The first kappa shape index (κ1) is 14.0. The molecule has 0 aliphatic carbocycles. The maximum absolute atomic E-state index is 5.84. The molecule has 0 amide bonds. The van der Waals surface area contributed by atoms with Gasteiger partial charge in [-0.2, -0.15) is 0 Å². The van der Waals surface area contributed by atoms with Crippen LogP contribution in [0.5, 0.6) is 0 Å². The standard InChI is InChI=1S/C18H23N3/c1-15-13-17(19)7-8-18(15)21-11-9-20(10-12-21)14-16-5-3-2-4-6-16/h2-8,13H,9-12,14,19H2,1H3. The van der Waals surface area contributed by atoms with Gasteiger partial charge < -0.3 is 10.6 Å². The predicted octanol–water partition coefficient (Wildman–Crippen LogP) is 2.90. The number of nitrogen functional groups attached to an aromatic ring is 1. The summed E-state index contributed by atoms with van der Waals surface area (Å²) >= 11 is 0. The molecule has 0 radical (unpaired) electrons. The molecule has 1 heterocycles. The van der Waals surface area contributed by atoms with Crippen molar-refractivity contribution < 1.29 is 0 Å². The van der Waals surface area contributed by atoms with Gasteiger partial charge in [0.2, 0.25) is 0 Å². The number of hydrogen-bond acceptors (Lipinski definition) is 3. The minimum atomic E-state index is 0.846. The van der Waals surface area contributed by atoms with Crippen LogP contribution in [0.3, 0.4) is 0 Å². The molecule has 2 aromatic rings. The number of rotatable bonds is 3. The number of nitrogens with two attached hydrogens (primary N) is 1. The Morgan fingerprint density at radius 1 is 0.952 bits per heavy atom. The lowest BCUT2D eigenvalue weighted by Crippen LogP contribution is -2.46. The fraction of sp³-hybridized carbons (Fsp3) is 0.333. The summed E-state index contributed by atoms with van der Waals surface area (Å²) in [4.78, 5) is 4.99. The van der Waals surface area contributed by atoms with E-state index < -0.39 is 0 Å². The third-order valence-electron chi connectivity index (χ3n) is 4.18. The number of hydrogen-bond donors (Lipinski definition) is 1. The van der Waals surface area contributed by atoms with Crippen molar-refractivity contribution in [1.82, 2.24) is 4.90 Å². The molecule has 0 bridgehead atoms. The maximum atomic E-state index is 5.84. The van der Waals surface area contributed by atoms with E-state index in [1.807, 2.05) is 6.07 Å². The second kappa shape index (κ2) is 6.19. The SMILES string of the molecule is Cc1cc(N)ccc1N1CCN(Cc2ccccc2)CC1. The highest BCUT2D eigenvalue weighted by molar-refractivity contribution is 5.59. The summed E-state index contributed by atoms with van der Waals surface area (Å²) in [5.41, 5.74) is 10.7. The van der Waals surface area contributed by atoms with E-state index in [1.54, 1.807) is 0 Å². The van der Waals surface area contributed by atoms with E-state index in [9.17, 15) is 0 Å². The smallest absolute Gasteiger partial charge is 0.0398 e. The van der Waals surface area contributed by atoms with Gasteiger partial charge in [0.15, 0.2) is 0 Å². The van der Waals surface area contributed by atoms with E-state index >= 15 is 0 Å². The lowest BCUT2D eigenvalue weighted by Gasteiger charge is -2.37. The quantitative estimate of drug-likeness (QED) is 0.878. The summed E-state index contributed by atoms with van der Waals surface area (Å²) in [6.45, 7) is 7.57. The number of nitrogens with zero attached hydrogens (tertiary/aromatic N) is 2. The van der Waals surface area contributed by atoms with Gasteiger partial charge in [0, 0.05) is 44.1 Å². The lowest BCUT2D eigenvalue weighted by atomic mass is 10.1. The Balaban J connectivity index is 1.60. The van der Waals surface area contributed by atoms with Crippen LogP contribution in [0.2, 0.25) is 0 Å². The first-order chi connectivity index (χ1) is 10.2. The van der Waals surface area contributed by atoms with E-state index in [0.717, 1.165) is 38.4 Å². The minimum Gasteiger partial charge on any atom is -0.399 e. The van der Waals surface area contributed by atoms with Crippen LogP contribution in [0.1, 0.15) is 11.1 Å². The molecule has 0 atom stereocenters. The Hall–Kier alpha value is -2.00. The van der Waals surface area contributed by atoms with Crippen LogP contribution in [0.15, 0.2) is 48.5 Å². The molecule has 2 N–H and O–H groups in total. The summed E-state index contributed by atoms with van der Waals surface area (Å²) in [6, 6.07) is 16.9. The van der Waals surface area contributed by atoms with Crippen molar-refractivity contribution in [2.45, 2.75) is 13.5 Å². The summed E-state index contributed by atoms with van der Waals surface area (Å²) in [5, 5.41) is 0. The van der Waals surface area contributed by atoms with Crippen molar-refractivity contribution in [3.63, 3.8) is 0 Å². The molecule has 3 nitrogen and oxygen atoms in total. The number of piperazine rings is 1. The Labute approximate surface area is 127 Å². The fourth-order valence-corrected chi connectivity index (χ4v) is 3.02. The van der Waals surface area contributed by atoms with Crippen LogP contribution >= 0.6 is 0 Å². The van der Waals surface area contributed by atoms with E-state index in [4.69, 9.17) is 5.73 Å². The summed E-state index contributed by atoms with van der Waals surface area (Å²) in [5.74, 6) is 0. The lowest BCUT2D eigenvalue weighted by molar-refractivity contribution is 0.250. The highest BCUT2D eigenvalue weighted by Gasteiger charge is 2.18. The van der Waals surface area contributed by atoms with Crippen LogP contribution in [-0.4, -0.2) is 31.1 Å². The largest absolute Gasteiger partial charge is 0.399 e. The molecule has 1 aliphatic heterocycles. The first-order valence-corrected chi connectivity index (χ1v) is 7.60. The van der Waals surface area contributed by atoms with Gasteiger partial charge in [0.1, 0.15) is 0 Å². The number of aryl methyl sites for hydroxylation is 1. The maximum Gasteiger partial charge on any atom is 0.0398 e. The predicted molar refractivity (Wildman–Crippen MR) is 89.5 cm³/mol. The molecule has 3 rings (SSSR count). The third-order valence-corrected chi connectivity index (χ3v) is 4.18. The molecule has 1 aliphatic rings. The van der Waals surface area contributed by atoms with Crippen LogP contribution in [-0.2, 0) is 6.54 Å². The summed E-state index contributed by atoms with van der Waals surface area (Å²) < 4.78 is 0. The summed E-state index contributed by atoms with van der Waals surface area (Å²) in [7, 11) is 0. The van der Waals surface area contributed by atoms with Gasteiger partial charge in [-0.1, -0.05) is 30.3 Å². The van der Waals surface area contributed by atoms with Crippen LogP contribution in [0, 0.1) is 6.92 Å². The third kappa shape index (κ3) is 3.37. The molecule has 1 fully saturated rings. The Bertz CT molecular complexity index is 587. The van der Waals surface area contributed by atoms with Gasteiger partial charge >= 0.3 is 0 Å². The van der Waals surface area contributed by atoms with Crippen molar-refractivity contribution in [3.8, 4) is 0 Å². The fourth-order valence-electron chi connectivity index (χ4n) is 3.02. The molecule has 0 unspecified atom stereocenters. The van der Waals surface area contributed by atoms with E-state index in [1.165, 1.54) is 16.8 Å². The van der Waals surface area contributed by atoms with Crippen molar-refractivity contribution in [2.24, 2.45) is 0 Å². The topological polar surface area (TPSA) is 32.5 Å². The molecule has 21 heavy (non-hydrogen) atoms. The van der Waals surface area contributed by atoms with Gasteiger partial charge in [-0.05, 0) is 36.2 Å². The molecule has 1 saturated heterocycles. The van der Waals surface area contributed by atoms with Crippen molar-refractivity contribution in [2.75, 3.05) is 36.8 Å². The highest BCUT2D eigenvalue weighted by Crippen LogP contribution is 2.23. The molecular weight excluding hydrogens is 258 g/mol. The second-order valence-electron chi connectivity index (χ2n) is 5.79. The number of benzene rings is 2. The summed E-state index contributed by atoms with van der Waals surface area (Å²) in [6.07, 6.45) is 0. The molecule has 110 valence electrons. The monoisotopic (exact) mass is 281 g/mol.